The van der Waals surface area contributed by atoms with E-state index in [9.17, 15) is 4.79 Å². The van der Waals surface area contributed by atoms with Gasteiger partial charge < -0.3 is 4.98 Å². The number of hydrogen-bond acceptors (Lipinski definition) is 4. The highest BCUT2D eigenvalue weighted by atomic mass is 32.1. The van der Waals surface area contributed by atoms with Gasteiger partial charge in [-0.3, -0.25) is 4.79 Å². The maximum Gasteiger partial charge on any atom is 0.208 e. The van der Waals surface area contributed by atoms with Crippen molar-refractivity contribution in [2.45, 2.75) is 12.8 Å². The minimum atomic E-state index is 0.0573. The van der Waals surface area contributed by atoms with Crippen molar-refractivity contribution >= 4 is 23.2 Å². The standard InChI is InChI=1S/C17H13N3OS/c21-17-12(5-6-15-16(17)20-10-22-15)7-11-3-1-2-4-13(11)14-8-18-9-19-14/h1-4,7-10H,5-6H2,(H,18,19)/b12-7+. The number of rotatable bonds is 2. The van der Waals surface area contributed by atoms with E-state index in [1.54, 1.807) is 29.4 Å². The van der Waals surface area contributed by atoms with Crippen LogP contribution in [0, 0.1) is 0 Å². The number of aromatic nitrogens is 3. The number of carbonyl (C=O) groups excluding carboxylic acids is 1. The number of nitrogens with one attached hydrogen (secondary N) is 1. The quantitative estimate of drug-likeness (QED) is 0.734. The van der Waals surface area contributed by atoms with Crippen LogP contribution in [-0.2, 0) is 6.42 Å². The van der Waals surface area contributed by atoms with E-state index in [1.807, 2.05) is 30.3 Å². The molecule has 4 rings (SSSR count). The first kappa shape index (κ1) is 13.2. The minimum Gasteiger partial charge on any atom is -0.345 e. The molecule has 3 aromatic rings. The Bertz CT molecular complexity index is 862. The van der Waals surface area contributed by atoms with Gasteiger partial charge in [0.15, 0.2) is 0 Å². The Kier molecular flexibility index (Phi) is 3.20. The van der Waals surface area contributed by atoms with Gasteiger partial charge in [0, 0.05) is 16.0 Å². The average molecular weight is 307 g/mol. The molecule has 0 fully saturated rings. The van der Waals surface area contributed by atoms with Crippen LogP contribution in [0.5, 0.6) is 0 Å². The molecular formula is C17H13N3OS. The van der Waals surface area contributed by atoms with Crippen molar-refractivity contribution in [3.05, 3.63) is 64.0 Å². The summed E-state index contributed by atoms with van der Waals surface area (Å²) in [5.41, 5.74) is 6.22. The molecule has 0 amide bonds. The second kappa shape index (κ2) is 5.35. The zero-order valence-corrected chi connectivity index (χ0v) is 12.6. The first-order valence-corrected chi connectivity index (χ1v) is 7.96. The van der Waals surface area contributed by atoms with Gasteiger partial charge in [-0.1, -0.05) is 24.3 Å². The lowest BCUT2D eigenvalue weighted by Crippen LogP contribution is -2.13. The number of ketones is 1. The smallest absolute Gasteiger partial charge is 0.208 e. The van der Waals surface area contributed by atoms with E-state index in [-0.39, 0.29) is 5.78 Å². The number of hydrogen-bond donors (Lipinski definition) is 1. The highest BCUT2D eigenvalue weighted by Gasteiger charge is 2.24. The summed E-state index contributed by atoms with van der Waals surface area (Å²) in [6, 6.07) is 8.02. The number of Topliss-reactive ketones (excluding diaryl/α,β-unsaturated/α-hetero) is 1. The third-order valence-electron chi connectivity index (χ3n) is 3.85. The Hall–Kier alpha value is -2.53. The molecular weight excluding hydrogens is 294 g/mol. The number of benzene rings is 1. The lowest BCUT2D eigenvalue weighted by molar-refractivity contribution is 0.102. The Morgan fingerprint density at radius 3 is 3.00 bits per heavy atom. The summed E-state index contributed by atoms with van der Waals surface area (Å²) in [6.07, 6.45) is 7.10. The van der Waals surface area contributed by atoms with E-state index in [1.165, 1.54) is 0 Å². The van der Waals surface area contributed by atoms with Gasteiger partial charge in [-0.15, -0.1) is 11.3 Å². The molecule has 0 saturated carbocycles. The molecule has 108 valence electrons. The number of aryl methyl sites for hydroxylation is 1. The normalized spacial score (nSPS) is 16.0. The van der Waals surface area contributed by atoms with Gasteiger partial charge in [0.2, 0.25) is 5.78 Å². The van der Waals surface area contributed by atoms with Crippen LogP contribution in [0.1, 0.15) is 27.3 Å². The summed E-state index contributed by atoms with van der Waals surface area (Å²) < 4.78 is 0. The summed E-state index contributed by atoms with van der Waals surface area (Å²) >= 11 is 1.57. The maximum atomic E-state index is 12.5. The number of H-pyrrole nitrogens is 1. The lowest BCUT2D eigenvalue weighted by atomic mass is 9.92. The van der Waals surface area contributed by atoms with Crippen molar-refractivity contribution < 1.29 is 4.79 Å². The van der Waals surface area contributed by atoms with Crippen LogP contribution in [0.2, 0.25) is 0 Å². The highest BCUT2D eigenvalue weighted by Crippen LogP contribution is 2.30. The fourth-order valence-electron chi connectivity index (χ4n) is 2.74. The van der Waals surface area contributed by atoms with Crippen molar-refractivity contribution in [2.24, 2.45) is 0 Å². The average Bonchev–Trinajstić information content (AvgIpc) is 3.22. The second-order valence-electron chi connectivity index (χ2n) is 5.18. The van der Waals surface area contributed by atoms with Crippen molar-refractivity contribution in [1.29, 1.82) is 0 Å². The number of aromatic amines is 1. The summed E-state index contributed by atoms with van der Waals surface area (Å²) in [5, 5.41) is 0. The van der Waals surface area contributed by atoms with Gasteiger partial charge >= 0.3 is 0 Å². The molecule has 0 aliphatic heterocycles. The fraction of sp³-hybridized carbons (Fsp3) is 0.118. The van der Waals surface area contributed by atoms with Gasteiger partial charge in [-0.2, -0.15) is 0 Å². The molecule has 0 saturated heterocycles. The van der Waals surface area contributed by atoms with Crippen LogP contribution in [-0.4, -0.2) is 20.7 Å². The Labute approximate surface area is 131 Å². The molecule has 1 aromatic carbocycles. The molecule has 4 nitrogen and oxygen atoms in total. The molecule has 5 heteroatoms. The maximum absolute atomic E-state index is 12.5. The molecule has 2 aromatic heterocycles. The highest BCUT2D eigenvalue weighted by molar-refractivity contribution is 7.10. The molecule has 0 bridgehead atoms. The predicted molar refractivity (Wildman–Crippen MR) is 86.8 cm³/mol. The van der Waals surface area contributed by atoms with Crippen LogP contribution in [0.3, 0.4) is 0 Å². The molecule has 1 aliphatic carbocycles. The number of carbonyl (C=O) groups is 1. The van der Waals surface area contributed by atoms with Crippen LogP contribution in [0.4, 0.5) is 0 Å². The van der Waals surface area contributed by atoms with Gasteiger partial charge in [0.05, 0.1) is 23.7 Å². The third-order valence-corrected chi connectivity index (χ3v) is 4.74. The van der Waals surface area contributed by atoms with Crippen molar-refractivity contribution in [2.75, 3.05) is 0 Å². The molecule has 0 radical (unpaired) electrons. The molecule has 0 atom stereocenters. The number of imidazole rings is 1. The monoisotopic (exact) mass is 307 g/mol. The van der Waals surface area contributed by atoms with Crippen molar-refractivity contribution in [1.82, 2.24) is 15.0 Å². The lowest BCUT2D eigenvalue weighted by Gasteiger charge is -2.13. The first-order valence-electron chi connectivity index (χ1n) is 7.08. The molecule has 2 heterocycles. The fourth-order valence-corrected chi connectivity index (χ4v) is 3.51. The Morgan fingerprint density at radius 2 is 2.14 bits per heavy atom. The molecule has 0 spiro atoms. The Balaban J connectivity index is 1.77. The molecule has 1 N–H and O–H groups in total. The Morgan fingerprint density at radius 1 is 1.23 bits per heavy atom. The first-order chi connectivity index (χ1) is 10.8. The van der Waals surface area contributed by atoms with Crippen LogP contribution in [0.25, 0.3) is 17.3 Å². The van der Waals surface area contributed by atoms with Crippen LogP contribution < -0.4 is 0 Å². The molecule has 0 unspecified atom stereocenters. The van der Waals surface area contributed by atoms with E-state index in [4.69, 9.17) is 0 Å². The van der Waals surface area contributed by atoms with Crippen LogP contribution >= 0.6 is 11.3 Å². The number of nitrogens with zero attached hydrogens (tertiary/aromatic N) is 2. The third kappa shape index (κ3) is 2.19. The zero-order valence-electron chi connectivity index (χ0n) is 11.7. The van der Waals surface area contributed by atoms with Crippen molar-refractivity contribution in [3.8, 4) is 11.3 Å². The number of fused-ring (bicyclic) bond motifs is 1. The zero-order chi connectivity index (χ0) is 14.9. The second-order valence-corrected chi connectivity index (χ2v) is 6.11. The molecule has 1 aliphatic rings. The molecule has 22 heavy (non-hydrogen) atoms. The summed E-state index contributed by atoms with van der Waals surface area (Å²) in [4.78, 5) is 25.0. The van der Waals surface area contributed by atoms with E-state index >= 15 is 0 Å². The summed E-state index contributed by atoms with van der Waals surface area (Å²) in [5.74, 6) is 0.0573. The van der Waals surface area contributed by atoms with Gasteiger partial charge in [0.25, 0.3) is 0 Å². The van der Waals surface area contributed by atoms with E-state index in [0.29, 0.717) is 5.69 Å². The van der Waals surface area contributed by atoms with Crippen molar-refractivity contribution in [3.63, 3.8) is 0 Å². The van der Waals surface area contributed by atoms with E-state index in [2.05, 4.69) is 15.0 Å². The van der Waals surface area contributed by atoms with E-state index < -0.39 is 0 Å². The number of allylic oxidation sites excluding steroid dienone is 1. The SMILES string of the molecule is O=C1/C(=C/c2ccccc2-c2cnc[nH]2)CCc2scnc21. The minimum absolute atomic E-state index is 0.0573. The number of thiazole rings is 1. The summed E-state index contributed by atoms with van der Waals surface area (Å²) in [7, 11) is 0. The summed E-state index contributed by atoms with van der Waals surface area (Å²) in [6.45, 7) is 0. The van der Waals surface area contributed by atoms with Gasteiger partial charge in [0.1, 0.15) is 5.69 Å². The predicted octanol–water partition coefficient (Wildman–Crippen LogP) is 3.75. The van der Waals surface area contributed by atoms with Crippen LogP contribution in [0.15, 0.2) is 47.9 Å². The van der Waals surface area contributed by atoms with E-state index in [0.717, 1.165) is 40.1 Å². The largest absolute Gasteiger partial charge is 0.345 e. The topological polar surface area (TPSA) is 58.6 Å². The van der Waals surface area contributed by atoms with Gasteiger partial charge in [-0.25, -0.2) is 9.97 Å². The van der Waals surface area contributed by atoms with Gasteiger partial charge in [-0.05, 0) is 24.5 Å².